The van der Waals surface area contributed by atoms with E-state index in [1.807, 2.05) is 31.5 Å². The molecule has 0 aliphatic rings. The zero-order valence-corrected chi connectivity index (χ0v) is 12.1. The molecule has 0 saturated carbocycles. The summed E-state index contributed by atoms with van der Waals surface area (Å²) in [6.45, 7) is 8.81. The summed E-state index contributed by atoms with van der Waals surface area (Å²) < 4.78 is 1.85. The molecule has 4 nitrogen and oxygen atoms in total. The molecule has 0 fully saturated rings. The van der Waals surface area contributed by atoms with Crippen LogP contribution in [0, 0.1) is 20.8 Å². The van der Waals surface area contributed by atoms with Gasteiger partial charge in [0.15, 0.2) is 0 Å². The first kappa shape index (κ1) is 13.2. The van der Waals surface area contributed by atoms with Crippen molar-refractivity contribution < 1.29 is 5.11 Å². The van der Waals surface area contributed by atoms with Gasteiger partial charge in [-0.05, 0) is 33.8 Å². The fourth-order valence-electron chi connectivity index (χ4n) is 1.98. The fraction of sp³-hybridized carbons (Fsp3) is 0.538. The third-order valence-corrected chi connectivity index (χ3v) is 4.11. The van der Waals surface area contributed by atoms with Crippen LogP contribution < -0.4 is 0 Å². The van der Waals surface area contributed by atoms with Gasteiger partial charge in [0.1, 0.15) is 6.10 Å². The van der Waals surface area contributed by atoms with Crippen LogP contribution in [0.3, 0.4) is 0 Å². The van der Waals surface area contributed by atoms with Crippen LogP contribution in [0.2, 0.25) is 0 Å². The summed E-state index contributed by atoms with van der Waals surface area (Å²) in [5.74, 6) is 0. The first-order chi connectivity index (χ1) is 8.51. The van der Waals surface area contributed by atoms with Gasteiger partial charge in [-0.15, -0.1) is 11.3 Å². The maximum absolute atomic E-state index is 10.3. The highest BCUT2D eigenvalue weighted by Gasteiger charge is 2.17. The number of nitrogens with zero attached hydrogens (tertiary/aromatic N) is 3. The smallest absolute Gasteiger partial charge is 0.102 e. The molecule has 2 aromatic rings. The molecule has 5 heteroatoms. The molecule has 0 spiro atoms. The zero-order valence-electron chi connectivity index (χ0n) is 11.3. The molecule has 2 aromatic heterocycles. The number of aliphatic hydroxyl groups is 1. The molecule has 0 aromatic carbocycles. The van der Waals surface area contributed by atoms with Crippen molar-refractivity contribution >= 4 is 11.3 Å². The highest BCUT2D eigenvalue weighted by Crippen LogP contribution is 2.24. The Morgan fingerprint density at radius 1 is 1.39 bits per heavy atom. The number of hydrogen-bond donors (Lipinski definition) is 1. The molecule has 18 heavy (non-hydrogen) atoms. The van der Waals surface area contributed by atoms with Crippen molar-refractivity contribution in [1.29, 1.82) is 0 Å². The van der Waals surface area contributed by atoms with Crippen LogP contribution in [-0.2, 0) is 13.0 Å². The molecule has 1 unspecified atom stereocenters. The minimum atomic E-state index is -0.531. The van der Waals surface area contributed by atoms with Gasteiger partial charge in [0.2, 0.25) is 0 Å². The maximum Gasteiger partial charge on any atom is 0.102 e. The minimum absolute atomic E-state index is 0.531. The zero-order chi connectivity index (χ0) is 13.3. The number of aryl methyl sites for hydroxylation is 4. The highest BCUT2D eigenvalue weighted by molar-refractivity contribution is 7.11. The summed E-state index contributed by atoms with van der Waals surface area (Å²) in [4.78, 5) is 5.69. The molecular weight excluding hydrogens is 246 g/mol. The Morgan fingerprint density at radius 3 is 2.67 bits per heavy atom. The molecule has 0 saturated heterocycles. The maximum atomic E-state index is 10.3. The van der Waals surface area contributed by atoms with E-state index >= 15 is 0 Å². The molecule has 2 rings (SSSR count). The predicted octanol–water partition coefficient (Wildman–Crippen LogP) is 2.56. The number of aliphatic hydroxyl groups excluding tert-OH is 1. The van der Waals surface area contributed by atoms with Gasteiger partial charge in [0, 0.05) is 17.8 Å². The van der Waals surface area contributed by atoms with Gasteiger partial charge >= 0.3 is 0 Å². The van der Waals surface area contributed by atoms with Crippen LogP contribution in [-0.4, -0.2) is 19.9 Å². The number of aromatic nitrogens is 3. The Morgan fingerprint density at radius 2 is 2.11 bits per heavy atom. The molecule has 1 atom stereocenters. The Balaban J connectivity index is 2.18. The summed E-state index contributed by atoms with van der Waals surface area (Å²) in [5, 5.41) is 15.6. The van der Waals surface area contributed by atoms with Crippen molar-refractivity contribution in [2.24, 2.45) is 0 Å². The molecule has 98 valence electrons. The average Bonchev–Trinajstić information content (AvgIpc) is 2.83. The van der Waals surface area contributed by atoms with E-state index in [-0.39, 0.29) is 0 Å². The largest absolute Gasteiger partial charge is 0.386 e. The van der Waals surface area contributed by atoms with Crippen LogP contribution in [0.5, 0.6) is 0 Å². The SMILES string of the molecule is CCn1nc(C)cc1C(O)Cc1nc(C)c(C)s1. The Bertz CT molecular complexity index is 525. The molecule has 0 amide bonds. The summed E-state index contributed by atoms with van der Waals surface area (Å²) in [7, 11) is 0. The van der Waals surface area contributed by atoms with Crippen LogP contribution >= 0.6 is 11.3 Å². The minimum Gasteiger partial charge on any atom is -0.386 e. The second-order valence-electron chi connectivity index (χ2n) is 4.50. The van der Waals surface area contributed by atoms with Crippen molar-refractivity contribution in [3.63, 3.8) is 0 Å². The molecule has 0 radical (unpaired) electrons. The van der Waals surface area contributed by atoms with Gasteiger partial charge in [-0.3, -0.25) is 4.68 Å². The van der Waals surface area contributed by atoms with E-state index < -0.39 is 6.10 Å². The molecule has 0 aliphatic carbocycles. The lowest BCUT2D eigenvalue weighted by atomic mass is 10.2. The lowest BCUT2D eigenvalue weighted by Crippen LogP contribution is -2.10. The second kappa shape index (κ2) is 5.20. The highest BCUT2D eigenvalue weighted by atomic mass is 32.1. The van der Waals surface area contributed by atoms with Crippen LogP contribution in [0.25, 0.3) is 0 Å². The van der Waals surface area contributed by atoms with E-state index in [4.69, 9.17) is 0 Å². The van der Waals surface area contributed by atoms with Crippen molar-refractivity contribution in [3.8, 4) is 0 Å². The van der Waals surface area contributed by atoms with Crippen molar-refractivity contribution in [1.82, 2.24) is 14.8 Å². The van der Waals surface area contributed by atoms with Gasteiger partial charge in [-0.2, -0.15) is 5.10 Å². The summed E-state index contributed by atoms with van der Waals surface area (Å²) >= 11 is 1.66. The molecule has 1 N–H and O–H groups in total. The van der Waals surface area contributed by atoms with E-state index in [1.165, 1.54) is 4.88 Å². The van der Waals surface area contributed by atoms with Crippen molar-refractivity contribution in [2.45, 2.75) is 46.8 Å². The summed E-state index contributed by atoms with van der Waals surface area (Å²) in [6, 6.07) is 1.95. The van der Waals surface area contributed by atoms with Gasteiger partial charge in [-0.1, -0.05) is 0 Å². The molecular formula is C13H19N3OS. The van der Waals surface area contributed by atoms with E-state index in [0.29, 0.717) is 6.42 Å². The van der Waals surface area contributed by atoms with Gasteiger partial charge < -0.3 is 5.11 Å². The molecule has 0 bridgehead atoms. The quantitative estimate of drug-likeness (QED) is 0.924. The third-order valence-electron chi connectivity index (χ3n) is 3.01. The lowest BCUT2D eigenvalue weighted by molar-refractivity contribution is 0.167. The van der Waals surface area contributed by atoms with E-state index in [0.717, 1.165) is 28.6 Å². The summed E-state index contributed by atoms with van der Waals surface area (Å²) in [5.41, 5.74) is 2.88. The number of hydrogen-bond acceptors (Lipinski definition) is 4. The Kier molecular flexibility index (Phi) is 3.82. The van der Waals surface area contributed by atoms with Crippen molar-refractivity contribution in [3.05, 3.63) is 33.0 Å². The number of rotatable bonds is 4. The van der Waals surface area contributed by atoms with Crippen LogP contribution in [0.15, 0.2) is 6.07 Å². The molecule has 0 aliphatic heterocycles. The third kappa shape index (κ3) is 2.62. The second-order valence-corrected chi connectivity index (χ2v) is 5.78. The normalized spacial score (nSPS) is 12.9. The lowest BCUT2D eigenvalue weighted by Gasteiger charge is -2.10. The topological polar surface area (TPSA) is 50.9 Å². The Hall–Kier alpha value is -1.20. The van der Waals surface area contributed by atoms with E-state index in [1.54, 1.807) is 11.3 Å². The van der Waals surface area contributed by atoms with Gasteiger partial charge in [-0.25, -0.2) is 4.98 Å². The van der Waals surface area contributed by atoms with E-state index in [9.17, 15) is 5.11 Å². The monoisotopic (exact) mass is 265 g/mol. The first-order valence-corrected chi connectivity index (χ1v) is 6.98. The average molecular weight is 265 g/mol. The summed E-state index contributed by atoms with van der Waals surface area (Å²) in [6.07, 6.45) is 0.0286. The van der Waals surface area contributed by atoms with Gasteiger partial charge in [0.05, 0.1) is 22.1 Å². The molecule has 2 heterocycles. The van der Waals surface area contributed by atoms with Crippen LogP contribution in [0.4, 0.5) is 0 Å². The van der Waals surface area contributed by atoms with Crippen LogP contribution in [0.1, 0.15) is 40.0 Å². The Labute approximate surface area is 111 Å². The standard InChI is InChI=1S/C13H19N3OS/c1-5-16-11(6-8(2)15-16)12(17)7-13-14-9(3)10(4)18-13/h6,12,17H,5,7H2,1-4H3. The first-order valence-electron chi connectivity index (χ1n) is 6.16. The van der Waals surface area contributed by atoms with Crippen molar-refractivity contribution in [2.75, 3.05) is 0 Å². The van der Waals surface area contributed by atoms with E-state index in [2.05, 4.69) is 17.0 Å². The fourth-order valence-corrected chi connectivity index (χ4v) is 2.95. The predicted molar refractivity (Wildman–Crippen MR) is 72.9 cm³/mol. The van der Waals surface area contributed by atoms with Gasteiger partial charge in [0.25, 0.3) is 0 Å². The number of thiazole rings is 1.